The fourth-order valence-corrected chi connectivity index (χ4v) is 3.68. The van der Waals surface area contributed by atoms with Crippen LogP contribution in [0.1, 0.15) is 43.0 Å². The van der Waals surface area contributed by atoms with Crippen LogP contribution in [0.25, 0.3) is 0 Å². The molecule has 8 heteroatoms. The van der Waals surface area contributed by atoms with Crippen molar-refractivity contribution in [1.29, 1.82) is 0 Å². The Morgan fingerprint density at radius 2 is 1.96 bits per heavy atom. The fourth-order valence-electron chi connectivity index (χ4n) is 2.90. The molecule has 2 rings (SSSR count). The fraction of sp³-hybridized carbons (Fsp3) is 0.529. The van der Waals surface area contributed by atoms with Crippen molar-refractivity contribution < 1.29 is 22.7 Å². The van der Waals surface area contributed by atoms with E-state index in [1.165, 1.54) is 37.7 Å². The van der Waals surface area contributed by atoms with E-state index in [4.69, 9.17) is 4.74 Å². The molecule has 0 unspecified atom stereocenters. The molecule has 0 radical (unpaired) electrons. The minimum Gasteiger partial charge on any atom is -0.452 e. The van der Waals surface area contributed by atoms with Gasteiger partial charge in [0, 0.05) is 6.04 Å². The summed E-state index contributed by atoms with van der Waals surface area (Å²) >= 11 is 0. The summed E-state index contributed by atoms with van der Waals surface area (Å²) in [5, 5.41) is 2.90. The largest absolute Gasteiger partial charge is 0.452 e. The van der Waals surface area contributed by atoms with Crippen molar-refractivity contribution >= 4 is 21.9 Å². The molecule has 25 heavy (non-hydrogen) atoms. The highest BCUT2D eigenvalue weighted by atomic mass is 32.2. The standard InChI is InChI=1S/C17H24N2O5S/c1-12-6-3-4-9-15(12)19-16(20)11-24-17(21)13-7-5-8-14(10-13)25(22,23)18-2/h5,7-8,10,12,15,18H,3-4,6,9,11H2,1-2H3,(H,19,20)/t12-,15+/m0/s1. The third-order valence-electron chi connectivity index (χ3n) is 4.44. The number of hydrogen-bond acceptors (Lipinski definition) is 5. The molecule has 138 valence electrons. The highest BCUT2D eigenvalue weighted by Gasteiger charge is 2.23. The van der Waals surface area contributed by atoms with Crippen LogP contribution in [-0.4, -0.2) is 40.0 Å². The maximum atomic E-state index is 12.1. The molecule has 0 aromatic heterocycles. The zero-order chi connectivity index (χ0) is 18.4. The van der Waals surface area contributed by atoms with Gasteiger partial charge in [-0.3, -0.25) is 4.79 Å². The minimum absolute atomic E-state index is 0.0371. The second kappa shape index (κ2) is 8.44. The molecule has 1 aromatic carbocycles. The number of carbonyl (C=O) groups is 2. The van der Waals surface area contributed by atoms with Gasteiger partial charge < -0.3 is 10.1 Å². The summed E-state index contributed by atoms with van der Waals surface area (Å²) in [5.41, 5.74) is 0.0789. The summed E-state index contributed by atoms with van der Waals surface area (Å²) in [6, 6.07) is 5.60. The molecule has 7 nitrogen and oxygen atoms in total. The van der Waals surface area contributed by atoms with E-state index >= 15 is 0 Å². The van der Waals surface area contributed by atoms with Crippen molar-refractivity contribution in [1.82, 2.24) is 10.0 Å². The smallest absolute Gasteiger partial charge is 0.338 e. The second-order valence-corrected chi connectivity index (χ2v) is 8.13. The molecule has 0 bridgehead atoms. The van der Waals surface area contributed by atoms with Crippen LogP contribution in [0.5, 0.6) is 0 Å². The molecule has 1 aromatic rings. The summed E-state index contributed by atoms with van der Waals surface area (Å²) in [7, 11) is -2.36. The van der Waals surface area contributed by atoms with Crippen LogP contribution in [0, 0.1) is 5.92 Å². The summed E-state index contributed by atoms with van der Waals surface area (Å²) in [6.07, 6.45) is 4.28. The second-order valence-electron chi connectivity index (χ2n) is 6.25. The molecule has 0 heterocycles. The number of carbonyl (C=O) groups excluding carboxylic acids is 2. The number of rotatable bonds is 6. The van der Waals surface area contributed by atoms with Gasteiger partial charge in [0.15, 0.2) is 6.61 Å². The predicted molar refractivity (Wildman–Crippen MR) is 92.5 cm³/mol. The van der Waals surface area contributed by atoms with E-state index < -0.39 is 16.0 Å². The molecule has 0 saturated heterocycles. The van der Waals surface area contributed by atoms with Gasteiger partial charge >= 0.3 is 5.97 Å². The van der Waals surface area contributed by atoms with Gasteiger partial charge in [0.1, 0.15) is 0 Å². The van der Waals surface area contributed by atoms with Crippen LogP contribution in [-0.2, 0) is 19.6 Å². The van der Waals surface area contributed by atoms with Gasteiger partial charge in [-0.15, -0.1) is 0 Å². The van der Waals surface area contributed by atoms with Crippen molar-refractivity contribution in [3.63, 3.8) is 0 Å². The minimum atomic E-state index is -3.65. The van der Waals surface area contributed by atoms with Crippen LogP contribution < -0.4 is 10.0 Å². The topological polar surface area (TPSA) is 102 Å². The molecule has 0 spiro atoms. The third kappa shape index (κ3) is 5.27. The van der Waals surface area contributed by atoms with Gasteiger partial charge in [0.05, 0.1) is 10.5 Å². The van der Waals surface area contributed by atoms with E-state index in [0.29, 0.717) is 5.92 Å². The van der Waals surface area contributed by atoms with Crippen molar-refractivity contribution in [2.45, 2.75) is 43.5 Å². The zero-order valence-electron chi connectivity index (χ0n) is 14.4. The van der Waals surface area contributed by atoms with Crippen LogP contribution >= 0.6 is 0 Å². The van der Waals surface area contributed by atoms with Gasteiger partial charge in [-0.2, -0.15) is 0 Å². The first kappa shape index (κ1) is 19.4. The Labute approximate surface area is 148 Å². The van der Waals surface area contributed by atoms with Gasteiger partial charge in [-0.25, -0.2) is 17.9 Å². The number of nitrogens with one attached hydrogen (secondary N) is 2. The number of sulfonamides is 1. The number of amides is 1. The SMILES string of the molecule is CNS(=O)(=O)c1cccc(C(=O)OCC(=O)N[C@@H]2CCCC[C@@H]2C)c1. The van der Waals surface area contributed by atoms with E-state index in [0.717, 1.165) is 19.3 Å². The van der Waals surface area contributed by atoms with Crippen LogP contribution in [0.2, 0.25) is 0 Å². The molecule has 1 aliphatic carbocycles. The monoisotopic (exact) mass is 368 g/mol. The summed E-state index contributed by atoms with van der Waals surface area (Å²) in [5.74, 6) is -0.664. The third-order valence-corrected chi connectivity index (χ3v) is 5.85. The van der Waals surface area contributed by atoms with E-state index in [-0.39, 0.29) is 29.0 Å². The van der Waals surface area contributed by atoms with Crippen molar-refractivity contribution in [3.05, 3.63) is 29.8 Å². The first-order chi connectivity index (χ1) is 11.8. The molecule has 1 amide bonds. The lowest BCUT2D eigenvalue weighted by atomic mass is 9.86. The zero-order valence-corrected chi connectivity index (χ0v) is 15.3. The lowest BCUT2D eigenvalue weighted by Gasteiger charge is -2.29. The molecular formula is C17H24N2O5S. The number of esters is 1. The van der Waals surface area contributed by atoms with Crippen molar-refractivity contribution in [2.24, 2.45) is 5.92 Å². The Balaban J connectivity index is 1.92. The number of ether oxygens (including phenoxy) is 1. The Bertz CT molecular complexity index is 732. The molecule has 0 aliphatic heterocycles. The van der Waals surface area contributed by atoms with Gasteiger partial charge in [-0.1, -0.05) is 25.8 Å². The van der Waals surface area contributed by atoms with Crippen LogP contribution in [0.4, 0.5) is 0 Å². The lowest BCUT2D eigenvalue weighted by Crippen LogP contribution is -2.42. The summed E-state index contributed by atoms with van der Waals surface area (Å²) < 4.78 is 30.7. The maximum Gasteiger partial charge on any atom is 0.338 e. The molecule has 1 saturated carbocycles. The maximum absolute atomic E-state index is 12.1. The first-order valence-corrected chi connectivity index (χ1v) is 9.82. The molecule has 2 atom stereocenters. The molecule has 1 fully saturated rings. The molecular weight excluding hydrogens is 344 g/mol. The van der Waals surface area contributed by atoms with Crippen LogP contribution in [0.3, 0.4) is 0 Å². The van der Waals surface area contributed by atoms with E-state index in [9.17, 15) is 18.0 Å². The Hall–Kier alpha value is -1.93. The molecule has 1 aliphatic rings. The van der Waals surface area contributed by atoms with Gasteiger partial charge in [0.2, 0.25) is 10.0 Å². The van der Waals surface area contributed by atoms with E-state index in [2.05, 4.69) is 17.0 Å². The number of hydrogen-bond donors (Lipinski definition) is 2. The van der Waals surface area contributed by atoms with Gasteiger partial charge in [-0.05, 0) is 44.0 Å². The Morgan fingerprint density at radius 1 is 1.24 bits per heavy atom. The van der Waals surface area contributed by atoms with Crippen molar-refractivity contribution in [2.75, 3.05) is 13.7 Å². The average Bonchev–Trinajstić information content (AvgIpc) is 2.61. The highest BCUT2D eigenvalue weighted by molar-refractivity contribution is 7.89. The number of benzene rings is 1. The van der Waals surface area contributed by atoms with Crippen LogP contribution in [0.15, 0.2) is 29.2 Å². The predicted octanol–water partition coefficient (Wildman–Crippen LogP) is 1.45. The Kier molecular flexibility index (Phi) is 6.55. The molecule has 2 N–H and O–H groups in total. The first-order valence-electron chi connectivity index (χ1n) is 8.33. The summed E-state index contributed by atoms with van der Waals surface area (Å²) in [4.78, 5) is 24.0. The van der Waals surface area contributed by atoms with E-state index in [1.807, 2.05) is 0 Å². The van der Waals surface area contributed by atoms with Crippen molar-refractivity contribution in [3.8, 4) is 0 Å². The summed E-state index contributed by atoms with van der Waals surface area (Å²) in [6.45, 7) is 1.72. The highest BCUT2D eigenvalue weighted by Crippen LogP contribution is 2.23. The normalized spacial score (nSPS) is 20.7. The lowest BCUT2D eigenvalue weighted by molar-refractivity contribution is -0.125. The quantitative estimate of drug-likeness (QED) is 0.740. The van der Waals surface area contributed by atoms with Gasteiger partial charge in [0.25, 0.3) is 5.91 Å². The van der Waals surface area contributed by atoms with E-state index in [1.54, 1.807) is 0 Å². The Morgan fingerprint density at radius 3 is 2.64 bits per heavy atom. The average molecular weight is 368 g/mol.